The number of benzene rings is 1. The maximum Gasteiger partial charge on any atom is 0.255 e. The molecule has 21 heavy (non-hydrogen) atoms. The van der Waals surface area contributed by atoms with Crippen LogP contribution >= 0.6 is 0 Å². The van der Waals surface area contributed by atoms with Crippen LogP contribution in [0.1, 0.15) is 31.1 Å². The molecule has 1 unspecified atom stereocenters. The van der Waals surface area contributed by atoms with Crippen LogP contribution in [-0.2, 0) is 4.79 Å². The van der Waals surface area contributed by atoms with E-state index < -0.39 is 11.4 Å². The Hall–Kier alpha value is -2.08. The molecule has 1 aromatic carbocycles. The monoisotopic (exact) mass is 293 g/mol. The molecule has 0 spiro atoms. The predicted octanol–water partition coefficient (Wildman–Crippen LogP) is 0.654. The Morgan fingerprint density at radius 2 is 1.86 bits per heavy atom. The van der Waals surface area contributed by atoms with Gasteiger partial charge in [0.25, 0.3) is 11.8 Å². The van der Waals surface area contributed by atoms with Crippen LogP contribution in [-0.4, -0.2) is 30.5 Å². The van der Waals surface area contributed by atoms with Gasteiger partial charge in [0.15, 0.2) is 6.61 Å². The fourth-order valence-corrected chi connectivity index (χ4v) is 1.62. The van der Waals surface area contributed by atoms with Crippen molar-refractivity contribution in [1.82, 2.24) is 5.32 Å². The third-order valence-corrected chi connectivity index (χ3v) is 3.59. The molecule has 0 heterocycles. The molecular weight excluding hydrogens is 270 g/mol. The first-order valence-electron chi connectivity index (χ1n) is 6.82. The lowest BCUT2D eigenvalue weighted by Gasteiger charge is -2.33. The van der Waals surface area contributed by atoms with E-state index in [2.05, 4.69) is 5.32 Å². The zero-order valence-corrected chi connectivity index (χ0v) is 12.7. The van der Waals surface area contributed by atoms with E-state index in [-0.39, 0.29) is 18.4 Å². The number of primary amides is 1. The van der Waals surface area contributed by atoms with Crippen molar-refractivity contribution in [3.8, 4) is 5.75 Å². The van der Waals surface area contributed by atoms with Crippen LogP contribution in [0, 0.1) is 5.92 Å². The van der Waals surface area contributed by atoms with E-state index in [0.717, 1.165) is 0 Å². The second-order valence-electron chi connectivity index (χ2n) is 5.51. The third-order valence-electron chi connectivity index (χ3n) is 3.59. The summed E-state index contributed by atoms with van der Waals surface area (Å²) >= 11 is 0. The van der Waals surface area contributed by atoms with Crippen molar-refractivity contribution in [1.29, 1.82) is 0 Å². The molecule has 0 aromatic heterocycles. The Morgan fingerprint density at radius 1 is 1.29 bits per heavy atom. The standard InChI is InChI=1S/C15H23N3O3/c1-10(2)15(3,9-16)18-14(20)11-4-6-12(7-5-11)21-8-13(17)19/h4-7,10H,8-9,16H2,1-3H3,(H2,17,19)(H,18,20). The van der Waals surface area contributed by atoms with Crippen LogP contribution in [0.25, 0.3) is 0 Å². The Bertz CT molecular complexity index is 499. The highest BCUT2D eigenvalue weighted by Crippen LogP contribution is 2.17. The van der Waals surface area contributed by atoms with Crippen molar-refractivity contribution in [2.24, 2.45) is 17.4 Å². The fourth-order valence-electron chi connectivity index (χ4n) is 1.62. The van der Waals surface area contributed by atoms with E-state index in [1.54, 1.807) is 24.3 Å². The van der Waals surface area contributed by atoms with E-state index in [1.807, 2.05) is 20.8 Å². The molecule has 0 fully saturated rings. The third kappa shape index (κ3) is 4.75. The minimum atomic E-state index is -0.549. The number of rotatable bonds is 7. The molecule has 0 saturated carbocycles. The van der Waals surface area contributed by atoms with E-state index in [1.165, 1.54) is 0 Å². The molecule has 0 radical (unpaired) electrons. The lowest BCUT2D eigenvalue weighted by molar-refractivity contribution is -0.119. The Balaban J connectivity index is 2.73. The number of carbonyl (C=O) groups is 2. The summed E-state index contributed by atoms with van der Waals surface area (Å²) in [6.45, 7) is 6.10. The van der Waals surface area contributed by atoms with Gasteiger partial charge in [-0.3, -0.25) is 9.59 Å². The molecule has 5 N–H and O–H groups in total. The zero-order chi connectivity index (χ0) is 16.0. The van der Waals surface area contributed by atoms with Gasteiger partial charge in [0, 0.05) is 12.1 Å². The molecule has 1 aromatic rings. The highest BCUT2D eigenvalue weighted by atomic mass is 16.5. The summed E-state index contributed by atoms with van der Waals surface area (Å²) in [5.41, 5.74) is 10.8. The summed E-state index contributed by atoms with van der Waals surface area (Å²) in [5, 5.41) is 2.95. The van der Waals surface area contributed by atoms with Crippen molar-refractivity contribution >= 4 is 11.8 Å². The average Bonchev–Trinajstić information content (AvgIpc) is 2.45. The van der Waals surface area contributed by atoms with Gasteiger partial charge in [-0.25, -0.2) is 0 Å². The van der Waals surface area contributed by atoms with Crippen LogP contribution in [0.15, 0.2) is 24.3 Å². The van der Waals surface area contributed by atoms with Gasteiger partial charge in [0.2, 0.25) is 0 Å². The minimum Gasteiger partial charge on any atom is -0.484 e. The molecule has 116 valence electrons. The SMILES string of the molecule is CC(C)C(C)(CN)NC(=O)c1ccc(OCC(N)=O)cc1. The molecule has 0 bridgehead atoms. The topological polar surface area (TPSA) is 107 Å². The number of nitrogens with two attached hydrogens (primary N) is 2. The van der Waals surface area contributed by atoms with Gasteiger partial charge in [0.1, 0.15) is 5.75 Å². The molecule has 1 atom stereocenters. The summed E-state index contributed by atoms with van der Waals surface area (Å²) in [5.74, 6) is -0.0500. The van der Waals surface area contributed by atoms with Crippen molar-refractivity contribution < 1.29 is 14.3 Å². The molecule has 6 nitrogen and oxygen atoms in total. The lowest BCUT2D eigenvalue weighted by atomic mass is 9.88. The second-order valence-corrected chi connectivity index (χ2v) is 5.51. The molecular formula is C15H23N3O3. The van der Waals surface area contributed by atoms with Gasteiger partial charge in [-0.2, -0.15) is 0 Å². The lowest BCUT2D eigenvalue weighted by Crippen LogP contribution is -2.55. The van der Waals surface area contributed by atoms with Gasteiger partial charge in [0.05, 0.1) is 5.54 Å². The first kappa shape index (κ1) is 17.0. The van der Waals surface area contributed by atoms with E-state index in [9.17, 15) is 9.59 Å². The molecule has 0 aliphatic carbocycles. The molecule has 1 rings (SSSR count). The molecule has 0 aliphatic rings. The Labute approximate surface area is 124 Å². The largest absolute Gasteiger partial charge is 0.484 e. The van der Waals surface area contributed by atoms with Crippen LogP contribution in [0.2, 0.25) is 0 Å². The highest BCUT2D eigenvalue weighted by Gasteiger charge is 2.28. The van der Waals surface area contributed by atoms with E-state index in [4.69, 9.17) is 16.2 Å². The maximum atomic E-state index is 12.2. The van der Waals surface area contributed by atoms with Crippen LogP contribution in [0.4, 0.5) is 0 Å². The smallest absolute Gasteiger partial charge is 0.255 e. The number of amides is 2. The molecule has 2 amide bonds. The number of hydrogen-bond acceptors (Lipinski definition) is 4. The first-order chi connectivity index (χ1) is 9.78. The number of nitrogens with one attached hydrogen (secondary N) is 1. The second kappa shape index (κ2) is 7.08. The number of hydrogen-bond donors (Lipinski definition) is 3. The Morgan fingerprint density at radius 3 is 2.29 bits per heavy atom. The predicted molar refractivity (Wildman–Crippen MR) is 80.9 cm³/mol. The molecule has 6 heteroatoms. The van der Waals surface area contributed by atoms with Crippen LogP contribution < -0.4 is 21.5 Å². The van der Waals surface area contributed by atoms with Gasteiger partial charge in [-0.1, -0.05) is 13.8 Å². The van der Waals surface area contributed by atoms with Crippen molar-refractivity contribution in [3.63, 3.8) is 0 Å². The minimum absolute atomic E-state index is 0.190. The normalized spacial score (nSPS) is 13.6. The molecule has 0 aliphatic heterocycles. The summed E-state index contributed by atoms with van der Waals surface area (Å²) in [4.78, 5) is 22.8. The summed E-state index contributed by atoms with van der Waals surface area (Å²) in [6, 6.07) is 6.49. The molecule has 0 saturated heterocycles. The van der Waals surface area contributed by atoms with Gasteiger partial charge < -0.3 is 21.5 Å². The fraction of sp³-hybridized carbons (Fsp3) is 0.467. The zero-order valence-electron chi connectivity index (χ0n) is 12.7. The summed E-state index contributed by atoms with van der Waals surface area (Å²) in [6.07, 6.45) is 0. The van der Waals surface area contributed by atoms with Crippen LogP contribution in [0.5, 0.6) is 5.75 Å². The number of carbonyl (C=O) groups excluding carboxylic acids is 2. The average molecular weight is 293 g/mol. The van der Waals surface area contributed by atoms with Crippen molar-refractivity contribution in [2.75, 3.05) is 13.2 Å². The summed E-state index contributed by atoms with van der Waals surface area (Å²) in [7, 11) is 0. The maximum absolute atomic E-state index is 12.2. The van der Waals surface area contributed by atoms with Crippen molar-refractivity contribution in [3.05, 3.63) is 29.8 Å². The summed E-state index contributed by atoms with van der Waals surface area (Å²) < 4.78 is 5.14. The van der Waals surface area contributed by atoms with Crippen molar-refractivity contribution in [2.45, 2.75) is 26.3 Å². The van der Waals surface area contributed by atoms with Crippen LogP contribution in [0.3, 0.4) is 0 Å². The van der Waals surface area contributed by atoms with E-state index in [0.29, 0.717) is 17.9 Å². The Kier molecular flexibility index (Phi) is 5.72. The van der Waals surface area contributed by atoms with E-state index >= 15 is 0 Å². The van der Waals surface area contributed by atoms with Gasteiger partial charge in [-0.05, 0) is 37.1 Å². The quantitative estimate of drug-likeness (QED) is 0.686. The van der Waals surface area contributed by atoms with Gasteiger partial charge in [-0.15, -0.1) is 0 Å². The number of ether oxygens (including phenoxy) is 1. The first-order valence-corrected chi connectivity index (χ1v) is 6.82. The highest BCUT2D eigenvalue weighted by molar-refractivity contribution is 5.94. The van der Waals surface area contributed by atoms with Gasteiger partial charge >= 0.3 is 0 Å².